The number of non-ortho nitro benzene ring substituents is 2. The number of carbonyl (C=O) groups is 2. The standard InChI is InChI=1S/C23H16Cl2N4O7/c1-36-21-8-5-14(24)11-19(21)26-23(31)20(10-13-3-2-4-15(9-13)28(32)33)27-22(30)17-12-16(29(34)35)6-7-18(17)25/h2-12H,1H3,(H,26,31)(H,27,30). The van der Waals surface area contributed by atoms with E-state index in [1.54, 1.807) is 6.07 Å². The smallest absolute Gasteiger partial charge is 0.272 e. The maximum Gasteiger partial charge on any atom is 0.272 e. The largest absolute Gasteiger partial charge is 0.495 e. The number of amides is 2. The summed E-state index contributed by atoms with van der Waals surface area (Å²) in [5.74, 6) is -1.49. The van der Waals surface area contributed by atoms with Crippen molar-refractivity contribution in [1.82, 2.24) is 5.32 Å². The molecule has 0 fully saturated rings. The van der Waals surface area contributed by atoms with E-state index in [1.165, 1.54) is 55.7 Å². The molecule has 3 rings (SSSR count). The number of ether oxygens (including phenoxy) is 1. The van der Waals surface area contributed by atoms with Gasteiger partial charge in [0.15, 0.2) is 0 Å². The van der Waals surface area contributed by atoms with Crippen LogP contribution in [0.15, 0.2) is 66.4 Å². The second-order valence-electron chi connectivity index (χ2n) is 7.08. The Hall–Kier alpha value is -4.48. The van der Waals surface area contributed by atoms with Crippen molar-refractivity contribution in [3.05, 3.63) is 108 Å². The van der Waals surface area contributed by atoms with Gasteiger partial charge >= 0.3 is 0 Å². The maximum absolute atomic E-state index is 13.2. The molecule has 0 radical (unpaired) electrons. The molecule has 11 nitrogen and oxygen atoms in total. The molecule has 2 amide bonds. The summed E-state index contributed by atoms with van der Waals surface area (Å²) in [6, 6.07) is 13.1. The summed E-state index contributed by atoms with van der Waals surface area (Å²) in [6.07, 6.45) is 1.20. The monoisotopic (exact) mass is 530 g/mol. The molecule has 0 aliphatic rings. The average Bonchev–Trinajstić information content (AvgIpc) is 2.84. The van der Waals surface area contributed by atoms with Crippen molar-refractivity contribution >= 4 is 58.2 Å². The third-order valence-electron chi connectivity index (χ3n) is 4.70. The van der Waals surface area contributed by atoms with Gasteiger partial charge in [0.1, 0.15) is 11.4 Å². The van der Waals surface area contributed by atoms with E-state index < -0.39 is 21.7 Å². The van der Waals surface area contributed by atoms with E-state index in [0.29, 0.717) is 5.02 Å². The Balaban J connectivity index is 2.03. The third kappa shape index (κ3) is 6.34. The van der Waals surface area contributed by atoms with Crippen molar-refractivity contribution in [2.24, 2.45) is 0 Å². The van der Waals surface area contributed by atoms with Crippen LogP contribution in [0.25, 0.3) is 6.08 Å². The van der Waals surface area contributed by atoms with Gasteiger partial charge in [-0.05, 0) is 35.9 Å². The van der Waals surface area contributed by atoms with Crippen LogP contribution in [0.2, 0.25) is 10.0 Å². The summed E-state index contributed by atoms with van der Waals surface area (Å²) in [5.41, 5.74) is -0.829. The second-order valence-corrected chi connectivity index (χ2v) is 7.93. The Morgan fingerprint density at radius 3 is 2.31 bits per heavy atom. The van der Waals surface area contributed by atoms with E-state index in [-0.39, 0.29) is 44.7 Å². The number of nitro groups is 2. The summed E-state index contributed by atoms with van der Waals surface area (Å²) < 4.78 is 5.21. The number of benzene rings is 3. The van der Waals surface area contributed by atoms with E-state index in [1.807, 2.05) is 0 Å². The zero-order valence-electron chi connectivity index (χ0n) is 18.4. The fraction of sp³-hybridized carbons (Fsp3) is 0.0435. The van der Waals surface area contributed by atoms with E-state index in [0.717, 1.165) is 12.1 Å². The second kappa shape index (κ2) is 11.3. The molecule has 3 aromatic rings. The zero-order chi connectivity index (χ0) is 26.4. The number of nitrogens with zero attached hydrogens (tertiary/aromatic N) is 2. The molecule has 0 atom stereocenters. The van der Waals surface area contributed by atoms with Crippen LogP contribution in [-0.4, -0.2) is 28.8 Å². The lowest BCUT2D eigenvalue weighted by Crippen LogP contribution is -2.31. The number of rotatable bonds is 8. The van der Waals surface area contributed by atoms with Crippen molar-refractivity contribution in [3.63, 3.8) is 0 Å². The average molecular weight is 531 g/mol. The van der Waals surface area contributed by atoms with Gasteiger partial charge in [0.2, 0.25) is 0 Å². The van der Waals surface area contributed by atoms with Gasteiger partial charge in [-0.1, -0.05) is 35.3 Å². The number of anilines is 1. The van der Waals surface area contributed by atoms with Gasteiger partial charge in [0.25, 0.3) is 23.2 Å². The molecule has 184 valence electrons. The molecule has 0 saturated heterocycles. The van der Waals surface area contributed by atoms with Crippen LogP contribution >= 0.6 is 23.2 Å². The predicted molar refractivity (Wildman–Crippen MR) is 133 cm³/mol. The topological polar surface area (TPSA) is 154 Å². The highest BCUT2D eigenvalue weighted by molar-refractivity contribution is 6.34. The van der Waals surface area contributed by atoms with Gasteiger partial charge in [-0.2, -0.15) is 0 Å². The molecule has 0 aliphatic heterocycles. The maximum atomic E-state index is 13.2. The highest BCUT2D eigenvalue weighted by atomic mass is 35.5. The van der Waals surface area contributed by atoms with Crippen LogP contribution in [0.4, 0.5) is 17.1 Å². The minimum absolute atomic E-state index is 0.0929. The molecule has 13 heteroatoms. The number of hydrogen-bond acceptors (Lipinski definition) is 7. The van der Waals surface area contributed by atoms with E-state index in [9.17, 15) is 29.8 Å². The number of hydrogen-bond donors (Lipinski definition) is 2. The summed E-state index contributed by atoms with van der Waals surface area (Å²) in [7, 11) is 1.38. The van der Waals surface area contributed by atoms with Gasteiger partial charge in [-0.25, -0.2) is 0 Å². The van der Waals surface area contributed by atoms with Gasteiger partial charge in [0.05, 0.1) is 33.2 Å². The number of nitrogens with one attached hydrogen (secondary N) is 2. The van der Waals surface area contributed by atoms with E-state index in [4.69, 9.17) is 27.9 Å². The van der Waals surface area contributed by atoms with Crippen LogP contribution in [0.5, 0.6) is 5.75 Å². The van der Waals surface area contributed by atoms with E-state index in [2.05, 4.69) is 10.6 Å². The highest BCUT2D eigenvalue weighted by Crippen LogP contribution is 2.28. The first-order valence-electron chi connectivity index (χ1n) is 9.95. The van der Waals surface area contributed by atoms with Gasteiger partial charge in [0, 0.05) is 29.3 Å². The predicted octanol–water partition coefficient (Wildman–Crippen LogP) is 5.23. The lowest BCUT2D eigenvalue weighted by atomic mass is 10.1. The van der Waals surface area contributed by atoms with Crippen LogP contribution in [0.3, 0.4) is 0 Å². The van der Waals surface area contributed by atoms with Crippen molar-refractivity contribution < 1.29 is 24.2 Å². The molecule has 36 heavy (non-hydrogen) atoms. The van der Waals surface area contributed by atoms with Crippen LogP contribution in [0, 0.1) is 20.2 Å². The van der Waals surface area contributed by atoms with Crippen molar-refractivity contribution in [1.29, 1.82) is 0 Å². The van der Waals surface area contributed by atoms with Crippen molar-refractivity contribution in [3.8, 4) is 5.75 Å². The summed E-state index contributed by atoms with van der Waals surface area (Å²) in [4.78, 5) is 47.1. The molecular formula is C23H16Cl2N4O7. The molecule has 0 saturated carbocycles. The number of methoxy groups -OCH3 is 1. The molecular weight excluding hydrogens is 515 g/mol. The fourth-order valence-corrected chi connectivity index (χ4v) is 3.39. The molecule has 0 unspecified atom stereocenters. The first-order valence-corrected chi connectivity index (χ1v) is 10.7. The molecule has 0 heterocycles. The van der Waals surface area contributed by atoms with Crippen molar-refractivity contribution in [2.75, 3.05) is 12.4 Å². The third-order valence-corrected chi connectivity index (χ3v) is 5.26. The summed E-state index contributed by atoms with van der Waals surface area (Å²) in [6.45, 7) is 0. The Labute approximate surface area is 213 Å². The minimum atomic E-state index is -0.923. The van der Waals surface area contributed by atoms with Gasteiger partial charge in [-0.3, -0.25) is 29.8 Å². The molecule has 3 aromatic carbocycles. The molecule has 0 bridgehead atoms. The van der Waals surface area contributed by atoms with Gasteiger partial charge in [-0.15, -0.1) is 0 Å². The fourth-order valence-electron chi connectivity index (χ4n) is 3.01. The first-order chi connectivity index (χ1) is 17.1. The van der Waals surface area contributed by atoms with Crippen LogP contribution < -0.4 is 15.4 Å². The molecule has 0 spiro atoms. The number of halogens is 2. The lowest BCUT2D eigenvalue weighted by molar-refractivity contribution is -0.385. The van der Waals surface area contributed by atoms with Gasteiger partial charge < -0.3 is 15.4 Å². The van der Waals surface area contributed by atoms with Crippen LogP contribution in [-0.2, 0) is 4.79 Å². The van der Waals surface area contributed by atoms with Crippen molar-refractivity contribution in [2.45, 2.75) is 0 Å². The SMILES string of the molecule is COc1ccc(Cl)cc1NC(=O)C(=Cc1cccc([N+](=O)[O-])c1)NC(=O)c1cc([N+](=O)[O-])ccc1Cl. The normalized spacial score (nSPS) is 10.9. The molecule has 2 N–H and O–H groups in total. The molecule has 0 aromatic heterocycles. The van der Waals surface area contributed by atoms with Crippen LogP contribution in [0.1, 0.15) is 15.9 Å². The minimum Gasteiger partial charge on any atom is -0.495 e. The quantitative estimate of drug-likeness (QED) is 0.229. The summed E-state index contributed by atoms with van der Waals surface area (Å²) in [5, 5.41) is 27.4. The first kappa shape index (κ1) is 26.1. The Kier molecular flexibility index (Phi) is 8.20. The number of nitro benzene ring substituents is 2. The summed E-state index contributed by atoms with van der Waals surface area (Å²) >= 11 is 12.1. The Morgan fingerprint density at radius 1 is 0.944 bits per heavy atom. The Bertz CT molecular complexity index is 1410. The number of carbonyl (C=O) groups excluding carboxylic acids is 2. The lowest BCUT2D eigenvalue weighted by Gasteiger charge is -2.14. The zero-order valence-corrected chi connectivity index (χ0v) is 19.9. The molecule has 0 aliphatic carbocycles. The Morgan fingerprint density at radius 2 is 1.64 bits per heavy atom. The van der Waals surface area contributed by atoms with E-state index >= 15 is 0 Å². The highest BCUT2D eigenvalue weighted by Gasteiger charge is 2.21.